The van der Waals surface area contributed by atoms with Gasteiger partial charge in [-0.25, -0.2) is 0 Å². The molecule has 34 heavy (non-hydrogen) atoms. The molecule has 0 aliphatic carbocycles. The predicted octanol–water partition coefficient (Wildman–Crippen LogP) is 5.16. The summed E-state index contributed by atoms with van der Waals surface area (Å²) in [4.78, 5) is 3.80. The Kier molecular flexibility index (Phi) is 7.80. The van der Waals surface area contributed by atoms with Gasteiger partial charge in [-0.1, -0.05) is 41.9 Å². The fourth-order valence-corrected chi connectivity index (χ4v) is 4.50. The van der Waals surface area contributed by atoms with E-state index in [4.69, 9.17) is 16.2 Å². The van der Waals surface area contributed by atoms with Crippen LogP contribution in [0.3, 0.4) is 0 Å². The third kappa shape index (κ3) is 5.67. The fourth-order valence-electron chi connectivity index (χ4n) is 3.84. The second kappa shape index (κ2) is 10.6. The summed E-state index contributed by atoms with van der Waals surface area (Å²) in [5, 5.41) is 20.0. The van der Waals surface area contributed by atoms with E-state index in [2.05, 4.69) is 12.1 Å². The summed E-state index contributed by atoms with van der Waals surface area (Å²) in [5.74, 6) is 0.320. The molecule has 9 heteroatoms. The SMILES string of the molecule is CC(C#N)=C(C(C#N)=CC=C1N(C)c2ccc(Cl)cc2N1CCCS(=O)(=O)O)c1ccccc1. The Bertz CT molecular complexity index is 1370. The second-order valence-corrected chi connectivity index (χ2v) is 9.69. The van der Waals surface area contributed by atoms with Gasteiger partial charge in [0.1, 0.15) is 5.82 Å². The van der Waals surface area contributed by atoms with Crippen LogP contribution in [0, 0.1) is 22.7 Å². The molecule has 0 bridgehead atoms. The zero-order chi connectivity index (χ0) is 24.9. The molecule has 7 nitrogen and oxygen atoms in total. The molecule has 0 radical (unpaired) electrons. The third-order valence-corrected chi connectivity index (χ3v) is 6.43. The Labute approximate surface area is 204 Å². The van der Waals surface area contributed by atoms with Crippen molar-refractivity contribution in [2.24, 2.45) is 0 Å². The van der Waals surface area contributed by atoms with E-state index in [1.54, 1.807) is 31.2 Å². The normalized spacial score (nSPS) is 15.6. The minimum atomic E-state index is -4.09. The maximum absolute atomic E-state index is 11.2. The van der Waals surface area contributed by atoms with Crippen LogP contribution in [0.2, 0.25) is 5.02 Å². The van der Waals surface area contributed by atoms with Gasteiger partial charge < -0.3 is 9.80 Å². The van der Waals surface area contributed by atoms with Crippen LogP contribution < -0.4 is 9.80 Å². The first-order chi connectivity index (χ1) is 16.2. The summed E-state index contributed by atoms with van der Waals surface area (Å²) in [6.45, 7) is 1.97. The Morgan fingerprint density at radius 2 is 1.82 bits per heavy atom. The molecule has 1 N–H and O–H groups in total. The molecule has 0 fully saturated rings. The van der Waals surface area contributed by atoms with Crippen LogP contribution in [0.15, 0.2) is 77.7 Å². The van der Waals surface area contributed by atoms with E-state index in [1.807, 2.05) is 53.2 Å². The summed E-state index contributed by atoms with van der Waals surface area (Å²) >= 11 is 6.21. The van der Waals surface area contributed by atoms with Crippen LogP contribution in [0.1, 0.15) is 18.9 Å². The zero-order valence-corrected chi connectivity index (χ0v) is 20.3. The first-order valence-electron chi connectivity index (χ1n) is 10.4. The molecule has 1 aliphatic rings. The average Bonchev–Trinajstić information content (AvgIpc) is 3.06. The summed E-state index contributed by atoms with van der Waals surface area (Å²) in [7, 11) is -2.24. The number of allylic oxidation sites excluding steroid dienone is 5. The zero-order valence-electron chi connectivity index (χ0n) is 18.7. The van der Waals surface area contributed by atoms with Crippen molar-refractivity contribution in [3.63, 3.8) is 0 Å². The number of rotatable bonds is 7. The molecule has 174 valence electrons. The summed E-state index contributed by atoms with van der Waals surface area (Å²) in [6, 6.07) is 19.0. The third-order valence-electron chi connectivity index (χ3n) is 5.39. The fraction of sp³-hybridized carbons (Fsp3) is 0.200. The van der Waals surface area contributed by atoms with Gasteiger partial charge in [0.15, 0.2) is 0 Å². The van der Waals surface area contributed by atoms with Gasteiger partial charge >= 0.3 is 0 Å². The Morgan fingerprint density at radius 1 is 1.12 bits per heavy atom. The van der Waals surface area contributed by atoms with E-state index in [-0.39, 0.29) is 12.2 Å². The predicted molar refractivity (Wildman–Crippen MR) is 135 cm³/mol. The molecule has 0 amide bonds. The molecule has 2 aromatic carbocycles. The molecule has 0 aromatic heterocycles. The van der Waals surface area contributed by atoms with Crippen LogP contribution in [-0.4, -0.2) is 32.3 Å². The molecular weight excluding hydrogens is 472 g/mol. The standard InChI is InChI=1S/C25H23ClN4O3S/c1-18(16-27)25(19-7-4-3-5-8-19)20(17-28)9-12-24-29(2)22-11-10-21(26)15-23(22)30(24)13-6-14-34(31,32)33/h3-5,7-12,15H,6,13-14H2,1-2H3,(H,31,32,33). The van der Waals surface area contributed by atoms with Gasteiger partial charge in [0.05, 0.1) is 34.8 Å². The van der Waals surface area contributed by atoms with Gasteiger partial charge in [0.2, 0.25) is 0 Å². The Morgan fingerprint density at radius 3 is 2.44 bits per heavy atom. The number of benzene rings is 2. The van der Waals surface area contributed by atoms with Crippen molar-refractivity contribution in [3.8, 4) is 12.1 Å². The van der Waals surface area contributed by atoms with Crippen LogP contribution in [-0.2, 0) is 10.1 Å². The monoisotopic (exact) mass is 494 g/mol. The van der Waals surface area contributed by atoms with Gasteiger partial charge in [0.25, 0.3) is 10.1 Å². The highest BCUT2D eigenvalue weighted by atomic mass is 35.5. The number of halogens is 1. The molecule has 2 aromatic rings. The minimum Gasteiger partial charge on any atom is -0.329 e. The number of hydrogen-bond donors (Lipinski definition) is 1. The lowest BCUT2D eigenvalue weighted by atomic mass is 9.94. The van der Waals surface area contributed by atoms with Crippen molar-refractivity contribution in [2.45, 2.75) is 13.3 Å². The average molecular weight is 495 g/mol. The van der Waals surface area contributed by atoms with Crippen LogP contribution in [0.25, 0.3) is 5.57 Å². The smallest absolute Gasteiger partial charge is 0.264 e. The van der Waals surface area contributed by atoms with E-state index >= 15 is 0 Å². The highest BCUT2D eigenvalue weighted by Crippen LogP contribution is 2.42. The lowest BCUT2D eigenvalue weighted by Crippen LogP contribution is -2.27. The highest BCUT2D eigenvalue weighted by molar-refractivity contribution is 7.85. The summed E-state index contributed by atoms with van der Waals surface area (Å²) < 4.78 is 31.6. The van der Waals surface area contributed by atoms with Crippen molar-refractivity contribution in [3.05, 3.63) is 88.2 Å². The van der Waals surface area contributed by atoms with Crippen molar-refractivity contribution in [1.82, 2.24) is 0 Å². The highest BCUT2D eigenvalue weighted by Gasteiger charge is 2.29. The van der Waals surface area contributed by atoms with Crippen LogP contribution in [0.4, 0.5) is 11.4 Å². The number of nitriles is 2. The van der Waals surface area contributed by atoms with Crippen molar-refractivity contribution in [1.29, 1.82) is 10.5 Å². The van der Waals surface area contributed by atoms with Crippen molar-refractivity contribution < 1.29 is 13.0 Å². The van der Waals surface area contributed by atoms with Gasteiger partial charge in [-0.2, -0.15) is 18.9 Å². The van der Waals surface area contributed by atoms with E-state index in [1.165, 1.54) is 0 Å². The molecule has 3 rings (SSSR count). The van der Waals surface area contributed by atoms with Crippen molar-refractivity contribution >= 4 is 38.7 Å². The number of nitrogens with zero attached hydrogens (tertiary/aromatic N) is 4. The largest absolute Gasteiger partial charge is 0.329 e. The number of anilines is 2. The first kappa shape index (κ1) is 25.1. The maximum atomic E-state index is 11.2. The van der Waals surface area contributed by atoms with E-state index in [0.717, 1.165) is 16.9 Å². The Balaban J connectivity index is 2.07. The topological polar surface area (TPSA) is 108 Å². The van der Waals surface area contributed by atoms with E-state index in [9.17, 15) is 18.9 Å². The van der Waals surface area contributed by atoms with Crippen LogP contribution in [0.5, 0.6) is 0 Å². The maximum Gasteiger partial charge on any atom is 0.264 e. The van der Waals surface area contributed by atoms with Gasteiger partial charge in [-0.3, -0.25) is 4.55 Å². The Hall–Kier alpha value is -3.56. The molecule has 1 heterocycles. The van der Waals surface area contributed by atoms with Gasteiger partial charge in [0, 0.05) is 29.8 Å². The molecule has 0 spiro atoms. The van der Waals surface area contributed by atoms with Gasteiger partial charge in [-0.15, -0.1) is 0 Å². The summed E-state index contributed by atoms with van der Waals surface area (Å²) in [5.41, 5.74) is 3.68. The lowest BCUT2D eigenvalue weighted by Gasteiger charge is -2.22. The van der Waals surface area contributed by atoms with E-state index < -0.39 is 10.1 Å². The number of fused-ring (bicyclic) bond motifs is 1. The molecule has 0 saturated heterocycles. The van der Waals surface area contributed by atoms with Gasteiger partial charge in [-0.05, 0) is 49.3 Å². The van der Waals surface area contributed by atoms with Crippen LogP contribution >= 0.6 is 11.6 Å². The second-order valence-electron chi connectivity index (χ2n) is 7.68. The molecule has 0 atom stereocenters. The molecule has 0 saturated carbocycles. The lowest BCUT2D eigenvalue weighted by molar-refractivity contribution is 0.481. The first-order valence-corrected chi connectivity index (χ1v) is 12.4. The molecule has 0 unspecified atom stereocenters. The quantitative estimate of drug-likeness (QED) is 0.321. The summed E-state index contributed by atoms with van der Waals surface area (Å²) in [6.07, 6.45) is 3.60. The van der Waals surface area contributed by atoms with E-state index in [0.29, 0.717) is 34.1 Å². The number of hydrogen-bond acceptors (Lipinski definition) is 6. The van der Waals surface area contributed by atoms with Crippen molar-refractivity contribution in [2.75, 3.05) is 29.1 Å². The minimum absolute atomic E-state index is 0.188. The molecule has 1 aliphatic heterocycles. The molecular formula is C25H23ClN4O3S.